The molecule has 0 heterocycles. The highest BCUT2D eigenvalue weighted by Crippen LogP contribution is 2.38. The normalized spacial score (nSPS) is 17.8. The van der Waals surface area contributed by atoms with Gasteiger partial charge in [0, 0.05) is 6.54 Å². The van der Waals surface area contributed by atoms with Crippen LogP contribution in [0.5, 0.6) is 0 Å². The summed E-state index contributed by atoms with van der Waals surface area (Å²) in [5, 5.41) is 2.69. The van der Waals surface area contributed by atoms with Gasteiger partial charge in [-0.2, -0.15) is 0 Å². The van der Waals surface area contributed by atoms with Gasteiger partial charge in [-0.3, -0.25) is 13.9 Å². The highest BCUT2D eigenvalue weighted by Gasteiger charge is 2.40. The Morgan fingerprint density at radius 3 is 2.47 bits per heavy atom. The highest BCUT2D eigenvalue weighted by atomic mass is 35.5. The summed E-state index contributed by atoms with van der Waals surface area (Å²) in [5.74, 6) is -0.860. The molecule has 0 bridgehead atoms. The lowest BCUT2D eigenvalue weighted by molar-refractivity contribution is -0.148. The van der Waals surface area contributed by atoms with Gasteiger partial charge < -0.3 is 10.1 Å². The minimum atomic E-state index is -3.88. The third-order valence-corrected chi connectivity index (χ3v) is 7.12. The zero-order valence-corrected chi connectivity index (χ0v) is 18.2. The minimum Gasteiger partial charge on any atom is -0.455 e. The molecule has 0 unspecified atom stereocenters. The molecule has 9 heteroatoms. The summed E-state index contributed by atoms with van der Waals surface area (Å²) >= 11 is 6.13. The summed E-state index contributed by atoms with van der Waals surface area (Å²) in [5.41, 5.74) is 0.657. The lowest BCUT2D eigenvalue weighted by Crippen LogP contribution is -2.30. The number of amides is 1. The molecule has 0 radical (unpaired) electrons. The smallest absolute Gasteiger partial charge is 0.309 e. The van der Waals surface area contributed by atoms with Crippen LogP contribution in [0, 0.1) is 11.8 Å². The van der Waals surface area contributed by atoms with Gasteiger partial charge in [0.25, 0.3) is 15.9 Å². The van der Waals surface area contributed by atoms with E-state index in [1.165, 1.54) is 22.5 Å². The maximum atomic E-state index is 13.1. The number of nitrogens with zero attached hydrogens (tertiary/aromatic N) is 1. The van der Waals surface area contributed by atoms with Crippen LogP contribution in [0.3, 0.4) is 0 Å². The molecule has 2 aromatic carbocycles. The van der Waals surface area contributed by atoms with Crippen LogP contribution in [-0.2, 0) is 24.3 Å². The fourth-order valence-corrected chi connectivity index (χ4v) is 4.72. The molecule has 3 rings (SSSR count). The van der Waals surface area contributed by atoms with Crippen molar-refractivity contribution >= 4 is 44.9 Å². The molecule has 1 amide bonds. The van der Waals surface area contributed by atoms with Crippen molar-refractivity contribution in [2.24, 2.45) is 11.8 Å². The standard InChI is InChI=1S/C21H23ClN2O5S/c1-3-24(15-7-5-4-6-8-15)30(27,28)16-9-10-18(22)19(12-16)23-20(25)13-29-21(26)17-11-14(17)2/h4-10,12,14,17H,3,11,13H2,1-2H3,(H,23,25)/t14-,17+/m1/s1. The molecule has 1 saturated carbocycles. The van der Waals surface area contributed by atoms with E-state index in [0.717, 1.165) is 6.42 Å². The van der Waals surface area contributed by atoms with Crippen LogP contribution in [-0.4, -0.2) is 33.4 Å². The third kappa shape index (κ3) is 4.94. The van der Waals surface area contributed by atoms with Crippen LogP contribution < -0.4 is 9.62 Å². The van der Waals surface area contributed by atoms with E-state index >= 15 is 0 Å². The van der Waals surface area contributed by atoms with E-state index in [-0.39, 0.29) is 34.0 Å². The molecular formula is C21H23ClN2O5S. The summed E-state index contributed by atoms with van der Waals surface area (Å²) in [6.45, 7) is 3.44. The number of ether oxygens (including phenoxy) is 1. The number of esters is 1. The van der Waals surface area contributed by atoms with E-state index in [0.29, 0.717) is 5.69 Å². The Morgan fingerprint density at radius 1 is 1.20 bits per heavy atom. The van der Waals surface area contributed by atoms with Crippen molar-refractivity contribution in [1.29, 1.82) is 0 Å². The van der Waals surface area contributed by atoms with Crippen LogP contribution in [0.1, 0.15) is 20.3 Å². The summed E-state index contributed by atoms with van der Waals surface area (Å²) in [6.07, 6.45) is 0.765. The number of rotatable bonds is 8. The molecule has 1 N–H and O–H groups in total. The molecule has 1 aliphatic carbocycles. The molecule has 7 nitrogen and oxygen atoms in total. The maximum absolute atomic E-state index is 13.1. The predicted molar refractivity (Wildman–Crippen MR) is 115 cm³/mol. The molecule has 2 atom stereocenters. The summed E-state index contributed by atoms with van der Waals surface area (Å²) < 4.78 is 32.5. The number of para-hydroxylation sites is 1. The van der Waals surface area contributed by atoms with Gasteiger partial charge in [0.1, 0.15) is 0 Å². The molecule has 160 valence electrons. The van der Waals surface area contributed by atoms with Gasteiger partial charge in [-0.15, -0.1) is 0 Å². The van der Waals surface area contributed by atoms with Crippen molar-refractivity contribution < 1.29 is 22.7 Å². The maximum Gasteiger partial charge on any atom is 0.309 e. The molecule has 30 heavy (non-hydrogen) atoms. The van der Waals surface area contributed by atoms with Gasteiger partial charge in [-0.25, -0.2) is 8.42 Å². The first-order chi connectivity index (χ1) is 14.2. The zero-order chi connectivity index (χ0) is 21.9. The average molecular weight is 451 g/mol. The first kappa shape index (κ1) is 22.1. The number of halogens is 1. The summed E-state index contributed by atoms with van der Waals surface area (Å²) in [4.78, 5) is 23.9. The van der Waals surface area contributed by atoms with E-state index in [4.69, 9.17) is 16.3 Å². The van der Waals surface area contributed by atoms with Gasteiger partial charge in [0.05, 0.1) is 27.2 Å². The van der Waals surface area contributed by atoms with Gasteiger partial charge in [-0.05, 0) is 49.6 Å². The third-order valence-electron chi connectivity index (χ3n) is 4.89. The molecule has 1 aliphatic rings. The first-order valence-corrected chi connectivity index (χ1v) is 11.4. The average Bonchev–Trinajstić information content (AvgIpc) is 3.45. The van der Waals surface area contributed by atoms with Crippen molar-refractivity contribution in [3.8, 4) is 0 Å². The van der Waals surface area contributed by atoms with Gasteiger partial charge in [0.2, 0.25) is 0 Å². The zero-order valence-electron chi connectivity index (χ0n) is 16.7. The Morgan fingerprint density at radius 2 is 1.87 bits per heavy atom. The first-order valence-electron chi connectivity index (χ1n) is 9.58. The molecule has 2 aromatic rings. The van der Waals surface area contributed by atoms with Crippen LogP contribution in [0.25, 0.3) is 0 Å². The number of hydrogen-bond donors (Lipinski definition) is 1. The van der Waals surface area contributed by atoms with Crippen molar-refractivity contribution in [1.82, 2.24) is 0 Å². The van der Waals surface area contributed by atoms with Crippen LogP contribution in [0.15, 0.2) is 53.4 Å². The van der Waals surface area contributed by atoms with Crippen molar-refractivity contribution in [3.05, 3.63) is 53.6 Å². The quantitative estimate of drug-likeness (QED) is 0.619. The molecule has 0 spiro atoms. The number of benzene rings is 2. The number of hydrogen-bond acceptors (Lipinski definition) is 5. The number of carbonyl (C=O) groups excluding carboxylic acids is 2. The molecular weight excluding hydrogens is 428 g/mol. The van der Waals surface area contributed by atoms with Gasteiger partial charge in [0.15, 0.2) is 6.61 Å². The second-order valence-corrected chi connectivity index (χ2v) is 9.39. The predicted octanol–water partition coefficient (Wildman–Crippen LogP) is 3.69. The lowest BCUT2D eigenvalue weighted by atomic mass is 10.3. The van der Waals surface area contributed by atoms with Crippen molar-refractivity contribution in [2.45, 2.75) is 25.2 Å². The fourth-order valence-electron chi connectivity index (χ4n) is 3.05. The van der Waals surface area contributed by atoms with Crippen molar-refractivity contribution in [2.75, 3.05) is 22.8 Å². The van der Waals surface area contributed by atoms with E-state index in [2.05, 4.69) is 5.32 Å². The second kappa shape index (κ2) is 9.06. The Hall–Kier alpha value is -2.58. The Bertz CT molecular complexity index is 1040. The molecule has 0 aliphatic heterocycles. The monoisotopic (exact) mass is 450 g/mol. The molecule has 0 aromatic heterocycles. The Balaban J connectivity index is 1.75. The van der Waals surface area contributed by atoms with E-state index < -0.39 is 28.5 Å². The SMILES string of the molecule is CCN(c1ccccc1)S(=O)(=O)c1ccc(Cl)c(NC(=O)COC(=O)[C@H]2C[C@H]2C)c1. The summed E-state index contributed by atoms with van der Waals surface area (Å²) in [7, 11) is -3.88. The van der Waals surface area contributed by atoms with E-state index in [9.17, 15) is 18.0 Å². The van der Waals surface area contributed by atoms with E-state index in [1.807, 2.05) is 6.92 Å². The topological polar surface area (TPSA) is 92.8 Å². The Labute approximate surface area is 181 Å². The highest BCUT2D eigenvalue weighted by molar-refractivity contribution is 7.92. The largest absolute Gasteiger partial charge is 0.455 e. The minimum absolute atomic E-state index is 0.0169. The van der Waals surface area contributed by atoms with E-state index in [1.54, 1.807) is 37.3 Å². The fraction of sp³-hybridized carbons (Fsp3) is 0.333. The number of anilines is 2. The second-order valence-electron chi connectivity index (χ2n) is 7.12. The lowest BCUT2D eigenvalue weighted by Gasteiger charge is -2.23. The Kier molecular flexibility index (Phi) is 6.67. The van der Waals surface area contributed by atoms with Crippen LogP contribution in [0.4, 0.5) is 11.4 Å². The number of sulfonamides is 1. The van der Waals surface area contributed by atoms with Crippen LogP contribution in [0.2, 0.25) is 5.02 Å². The van der Waals surface area contributed by atoms with Crippen LogP contribution >= 0.6 is 11.6 Å². The number of carbonyl (C=O) groups is 2. The molecule has 0 saturated heterocycles. The van der Waals surface area contributed by atoms with Gasteiger partial charge >= 0.3 is 5.97 Å². The molecule has 1 fully saturated rings. The van der Waals surface area contributed by atoms with Crippen molar-refractivity contribution in [3.63, 3.8) is 0 Å². The summed E-state index contributed by atoms with van der Waals surface area (Å²) in [6, 6.07) is 12.8. The van der Waals surface area contributed by atoms with Gasteiger partial charge in [-0.1, -0.05) is 36.7 Å². The number of nitrogens with one attached hydrogen (secondary N) is 1.